The molecule has 2 N–H and O–H groups in total. The Labute approximate surface area is 88.9 Å². The van der Waals surface area contributed by atoms with Crippen molar-refractivity contribution < 1.29 is 0 Å². The molecule has 3 nitrogen and oxygen atoms in total. The third-order valence-corrected chi connectivity index (χ3v) is 3.52. The molecule has 1 saturated heterocycles. The molecule has 1 aromatic heterocycles. The van der Waals surface area contributed by atoms with Crippen molar-refractivity contribution in [2.75, 3.05) is 18.8 Å². The molecule has 1 fully saturated rings. The van der Waals surface area contributed by atoms with Gasteiger partial charge >= 0.3 is 0 Å². The lowest BCUT2D eigenvalue weighted by Crippen LogP contribution is -2.22. The predicted octanol–water partition coefficient (Wildman–Crippen LogP) is 1.96. The molecular formula is C10H17N3S. The monoisotopic (exact) mass is 211 g/mol. The van der Waals surface area contributed by atoms with Gasteiger partial charge in [0.15, 0.2) is 5.13 Å². The molecule has 0 aromatic carbocycles. The summed E-state index contributed by atoms with van der Waals surface area (Å²) in [6.45, 7) is 8.05. The lowest BCUT2D eigenvalue weighted by atomic mass is 9.93. The number of nitrogen functional groups attached to an aromatic ring is 1. The Morgan fingerprint density at radius 2 is 2.43 bits per heavy atom. The largest absolute Gasteiger partial charge is 0.375 e. The molecule has 0 aliphatic carbocycles. The summed E-state index contributed by atoms with van der Waals surface area (Å²) < 4.78 is 0. The average molecular weight is 211 g/mol. The van der Waals surface area contributed by atoms with Crippen molar-refractivity contribution in [2.24, 2.45) is 5.41 Å². The minimum Gasteiger partial charge on any atom is -0.375 e. The van der Waals surface area contributed by atoms with Gasteiger partial charge in [0.1, 0.15) is 0 Å². The summed E-state index contributed by atoms with van der Waals surface area (Å²) in [7, 11) is 0. The van der Waals surface area contributed by atoms with Crippen LogP contribution in [0.15, 0.2) is 6.20 Å². The molecule has 2 rings (SSSR count). The van der Waals surface area contributed by atoms with E-state index in [1.165, 1.54) is 24.4 Å². The molecule has 1 aromatic rings. The first-order valence-electron chi connectivity index (χ1n) is 4.98. The quantitative estimate of drug-likeness (QED) is 0.813. The van der Waals surface area contributed by atoms with Crippen molar-refractivity contribution in [2.45, 2.75) is 26.8 Å². The maximum Gasteiger partial charge on any atom is 0.180 e. The van der Waals surface area contributed by atoms with Gasteiger partial charge in [-0.1, -0.05) is 13.8 Å². The zero-order valence-corrected chi connectivity index (χ0v) is 9.60. The van der Waals surface area contributed by atoms with E-state index >= 15 is 0 Å². The van der Waals surface area contributed by atoms with Gasteiger partial charge in [0.2, 0.25) is 0 Å². The maximum absolute atomic E-state index is 5.60. The number of aromatic nitrogens is 1. The van der Waals surface area contributed by atoms with Crippen molar-refractivity contribution in [1.29, 1.82) is 0 Å². The number of hydrogen-bond acceptors (Lipinski definition) is 4. The van der Waals surface area contributed by atoms with Crippen LogP contribution in [0.3, 0.4) is 0 Å². The van der Waals surface area contributed by atoms with Crippen LogP contribution in [0.5, 0.6) is 0 Å². The van der Waals surface area contributed by atoms with E-state index in [0.717, 1.165) is 6.54 Å². The molecule has 14 heavy (non-hydrogen) atoms. The van der Waals surface area contributed by atoms with Gasteiger partial charge in [-0.15, -0.1) is 11.3 Å². The van der Waals surface area contributed by atoms with Gasteiger partial charge in [0.05, 0.1) is 0 Å². The zero-order valence-electron chi connectivity index (χ0n) is 8.79. The Kier molecular flexibility index (Phi) is 2.49. The molecule has 0 bridgehead atoms. The Hall–Kier alpha value is -0.610. The van der Waals surface area contributed by atoms with E-state index in [2.05, 4.69) is 23.7 Å². The molecule has 78 valence electrons. The van der Waals surface area contributed by atoms with E-state index in [1.54, 1.807) is 11.3 Å². The summed E-state index contributed by atoms with van der Waals surface area (Å²) in [4.78, 5) is 7.82. The third kappa shape index (κ3) is 2.25. The Morgan fingerprint density at radius 3 is 2.93 bits per heavy atom. The molecule has 0 spiro atoms. The second-order valence-corrected chi connectivity index (χ2v) is 5.94. The maximum atomic E-state index is 5.60. The molecule has 1 aliphatic rings. The van der Waals surface area contributed by atoms with Crippen LogP contribution in [-0.2, 0) is 6.54 Å². The predicted molar refractivity (Wildman–Crippen MR) is 60.2 cm³/mol. The summed E-state index contributed by atoms with van der Waals surface area (Å²) in [5.74, 6) is 0. The third-order valence-electron chi connectivity index (χ3n) is 2.71. The summed E-state index contributed by atoms with van der Waals surface area (Å²) >= 11 is 1.60. The van der Waals surface area contributed by atoms with Crippen molar-refractivity contribution in [3.63, 3.8) is 0 Å². The smallest absolute Gasteiger partial charge is 0.180 e. The van der Waals surface area contributed by atoms with Gasteiger partial charge in [-0.3, -0.25) is 4.90 Å². The second kappa shape index (κ2) is 3.51. The highest BCUT2D eigenvalue weighted by Gasteiger charge is 2.29. The minimum atomic E-state index is 0.482. The van der Waals surface area contributed by atoms with E-state index in [0.29, 0.717) is 10.5 Å². The molecule has 0 atom stereocenters. The topological polar surface area (TPSA) is 42.2 Å². The van der Waals surface area contributed by atoms with Crippen LogP contribution in [0.25, 0.3) is 0 Å². The Morgan fingerprint density at radius 1 is 1.64 bits per heavy atom. The summed E-state index contributed by atoms with van der Waals surface area (Å²) in [6, 6.07) is 0. The van der Waals surface area contributed by atoms with Crippen molar-refractivity contribution in [1.82, 2.24) is 9.88 Å². The lowest BCUT2D eigenvalue weighted by Gasteiger charge is -2.18. The highest BCUT2D eigenvalue weighted by atomic mass is 32.1. The van der Waals surface area contributed by atoms with Gasteiger partial charge in [-0.25, -0.2) is 4.98 Å². The second-order valence-electron chi connectivity index (χ2n) is 4.79. The van der Waals surface area contributed by atoms with E-state index in [1.807, 2.05) is 6.20 Å². The molecule has 4 heteroatoms. The van der Waals surface area contributed by atoms with Gasteiger partial charge in [0, 0.05) is 24.2 Å². The number of nitrogens with two attached hydrogens (primary N) is 1. The highest BCUT2D eigenvalue weighted by molar-refractivity contribution is 7.15. The van der Waals surface area contributed by atoms with Crippen LogP contribution in [0.1, 0.15) is 25.1 Å². The number of hydrogen-bond donors (Lipinski definition) is 1. The number of likely N-dealkylation sites (tertiary alicyclic amines) is 1. The summed E-state index contributed by atoms with van der Waals surface area (Å²) in [6.07, 6.45) is 3.19. The average Bonchev–Trinajstić information content (AvgIpc) is 2.59. The standard InChI is InChI=1S/C10H17N3S/c1-10(2)3-4-13(7-10)6-8-5-12-9(11)14-8/h5H,3-4,6-7H2,1-2H3,(H2,11,12). The number of rotatable bonds is 2. The number of nitrogens with zero attached hydrogens (tertiary/aromatic N) is 2. The van der Waals surface area contributed by atoms with Gasteiger partial charge in [-0.05, 0) is 18.4 Å². The molecular weight excluding hydrogens is 194 g/mol. The van der Waals surface area contributed by atoms with Gasteiger partial charge < -0.3 is 5.73 Å². The summed E-state index contributed by atoms with van der Waals surface area (Å²) in [5.41, 5.74) is 6.08. The number of anilines is 1. The summed E-state index contributed by atoms with van der Waals surface area (Å²) in [5, 5.41) is 0.679. The first-order valence-corrected chi connectivity index (χ1v) is 5.79. The zero-order chi connectivity index (χ0) is 10.2. The molecule has 0 saturated carbocycles. The van der Waals surface area contributed by atoms with Crippen LogP contribution in [0.4, 0.5) is 5.13 Å². The molecule has 0 amide bonds. The minimum absolute atomic E-state index is 0.482. The van der Waals surface area contributed by atoms with Gasteiger partial charge in [0.25, 0.3) is 0 Å². The van der Waals surface area contributed by atoms with E-state index in [-0.39, 0.29) is 0 Å². The van der Waals surface area contributed by atoms with Crippen LogP contribution < -0.4 is 5.73 Å². The molecule has 0 unspecified atom stereocenters. The van der Waals surface area contributed by atoms with Crippen LogP contribution >= 0.6 is 11.3 Å². The van der Waals surface area contributed by atoms with Crippen molar-refractivity contribution in [3.8, 4) is 0 Å². The molecule has 0 radical (unpaired) electrons. The SMILES string of the molecule is CC1(C)CCN(Cc2cnc(N)s2)C1. The molecule has 2 heterocycles. The molecule has 1 aliphatic heterocycles. The van der Waals surface area contributed by atoms with E-state index < -0.39 is 0 Å². The van der Waals surface area contributed by atoms with E-state index in [9.17, 15) is 0 Å². The van der Waals surface area contributed by atoms with E-state index in [4.69, 9.17) is 5.73 Å². The fourth-order valence-corrected chi connectivity index (χ4v) is 2.70. The Balaban J connectivity index is 1.94. The van der Waals surface area contributed by atoms with Crippen LogP contribution in [0, 0.1) is 5.41 Å². The van der Waals surface area contributed by atoms with Crippen LogP contribution in [-0.4, -0.2) is 23.0 Å². The fraction of sp³-hybridized carbons (Fsp3) is 0.700. The van der Waals surface area contributed by atoms with Gasteiger partial charge in [-0.2, -0.15) is 0 Å². The Bertz CT molecular complexity index is 319. The number of thiazole rings is 1. The fourth-order valence-electron chi connectivity index (χ4n) is 1.98. The normalized spacial score (nSPS) is 21.6. The lowest BCUT2D eigenvalue weighted by molar-refractivity contribution is 0.286. The van der Waals surface area contributed by atoms with Crippen molar-refractivity contribution >= 4 is 16.5 Å². The van der Waals surface area contributed by atoms with Crippen LogP contribution in [0.2, 0.25) is 0 Å². The van der Waals surface area contributed by atoms with Crippen molar-refractivity contribution in [3.05, 3.63) is 11.1 Å². The highest BCUT2D eigenvalue weighted by Crippen LogP contribution is 2.30. The first kappa shape index (κ1) is 9.93. The first-order chi connectivity index (χ1) is 6.55.